The molecule has 0 aliphatic carbocycles. The van der Waals surface area contributed by atoms with Crippen molar-refractivity contribution in [1.29, 1.82) is 0 Å². The first-order valence-electron chi connectivity index (χ1n) is 8.76. The van der Waals surface area contributed by atoms with Gasteiger partial charge in [0.25, 0.3) is 10.0 Å². The van der Waals surface area contributed by atoms with Gasteiger partial charge in [0.2, 0.25) is 0 Å². The Labute approximate surface area is 164 Å². The molecule has 0 aliphatic rings. The normalized spacial score (nSPS) is 12.1. The van der Waals surface area contributed by atoms with Gasteiger partial charge in [0, 0.05) is 17.0 Å². The van der Waals surface area contributed by atoms with Crippen molar-refractivity contribution in [1.82, 2.24) is 3.97 Å². The first kappa shape index (κ1) is 19.9. The number of benzene rings is 2. The number of hydrogen-bond acceptors (Lipinski definition) is 5. The topological polar surface area (TPSA) is 74.6 Å². The fraction of sp³-hybridized carbons (Fsp3) is 0.286. The predicted molar refractivity (Wildman–Crippen MR) is 108 cm³/mol. The Morgan fingerprint density at radius 1 is 1.00 bits per heavy atom. The van der Waals surface area contributed by atoms with Crippen molar-refractivity contribution in [2.75, 3.05) is 14.2 Å². The van der Waals surface area contributed by atoms with Crippen LogP contribution in [0.5, 0.6) is 11.5 Å². The lowest BCUT2D eigenvalue weighted by atomic mass is 9.87. The fourth-order valence-corrected chi connectivity index (χ4v) is 4.50. The van der Waals surface area contributed by atoms with Crippen LogP contribution in [0, 0.1) is 5.41 Å². The average Bonchev–Trinajstić information content (AvgIpc) is 3.05. The van der Waals surface area contributed by atoms with Gasteiger partial charge in [0.05, 0.1) is 24.6 Å². The molecular formula is C21H23NO5S. The van der Waals surface area contributed by atoms with Gasteiger partial charge < -0.3 is 14.3 Å². The summed E-state index contributed by atoms with van der Waals surface area (Å²) in [6.07, 6.45) is 2.88. The Bertz CT molecular complexity index is 1110. The number of aldehydes is 1. The Kier molecular flexibility index (Phi) is 5.21. The molecule has 0 bridgehead atoms. The molecule has 0 radical (unpaired) electrons. The molecule has 0 fully saturated rings. The standard InChI is InChI=1S/C21H23NO5S/c1-21(2,14-23)12-15-13-22(20-10-7-17(27-4)11-19(15)20)28(24,25)18-8-5-16(26-3)6-9-18/h5-11,13-14H,12H2,1-4H3. The van der Waals surface area contributed by atoms with Crippen molar-refractivity contribution < 1.29 is 22.7 Å². The Hall–Kier alpha value is -2.80. The van der Waals surface area contributed by atoms with Crippen LogP contribution in [0.4, 0.5) is 0 Å². The van der Waals surface area contributed by atoms with Crippen LogP contribution in [0.25, 0.3) is 10.9 Å². The number of carbonyl (C=O) groups excluding carboxylic acids is 1. The van der Waals surface area contributed by atoms with Crippen molar-refractivity contribution in [3.8, 4) is 11.5 Å². The van der Waals surface area contributed by atoms with Crippen molar-refractivity contribution in [3.63, 3.8) is 0 Å². The molecule has 3 rings (SSSR count). The molecule has 0 aliphatic heterocycles. The molecule has 0 atom stereocenters. The number of carbonyl (C=O) groups is 1. The summed E-state index contributed by atoms with van der Waals surface area (Å²) in [4.78, 5) is 11.6. The lowest BCUT2D eigenvalue weighted by Gasteiger charge is -2.15. The third-order valence-corrected chi connectivity index (χ3v) is 6.33. The van der Waals surface area contributed by atoms with Crippen molar-refractivity contribution in [2.45, 2.75) is 25.2 Å². The number of ether oxygens (including phenoxy) is 2. The van der Waals surface area contributed by atoms with E-state index in [1.54, 1.807) is 43.6 Å². The second-order valence-electron chi connectivity index (χ2n) is 7.30. The average molecular weight is 401 g/mol. The summed E-state index contributed by atoms with van der Waals surface area (Å²) in [5.74, 6) is 1.20. The van der Waals surface area contributed by atoms with Gasteiger partial charge in [-0.2, -0.15) is 0 Å². The first-order chi connectivity index (χ1) is 13.2. The van der Waals surface area contributed by atoms with Crippen LogP contribution in [-0.2, 0) is 21.2 Å². The highest BCUT2D eigenvalue weighted by Gasteiger charge is 2.25. The molecular weight excluding hydrogens is 378 g/mol. The van der Waals surface area contributed by atoms with E-state index in [1.807, 2.05) is 13.8 Å². The van der Waals surface area contributed by atoms with Gasteiger partial charge in [-0.15, -0.1) is 0 Å². The van der Waals surface area contributed by atoms with E-state index in [9.17, 15) is 13.2 Å². The molecule has 6 nitrogen and oxygen atoms in total. The quantitative estimate of drug-likeness (QED) is 0.565. The Morgan fingerprint density at radius 3 is 2.18 bits per heavy atom. The molecule has 7 heteroatoms. The molecule has 0 spiro atoms. The molecule has 0 amide bonds. The minimum Gasteiger partial charge on any atom is -0.497 e. The van der Waals surface area contributed by atoms with E-state index >= 15 is 0 Å². The second kappa shape index (κ2) is 7.31. The van der Waals surface area contributed by atoms with Crippen LogP contribution in [0.3, 0.4) is 0 Å². The smallest absolute Gasteiger partial charge is 0.268 e. The number of nitrogens with zero attached hydrogens (tertiary/aromatic N) is 1. The highest BCUT2D eigenvalue weighted by atomic mass is 32.2. The maximum atomic E-state index is 13.3. The monoisotopic (exact) mass is 401 g/mol. The van der Waals surface area contributed by atoms with Crippen molar-refractivity contribution in [2.24, 2.45) is 5.41 Å². The molecule has 3 aromatic rings. The molecule has 148 valence electrons. The third-order valence-electron chi connectivity index (χ3n) is 4.64. The van der Waals surface area contributed by atoms with E-state index in [4.69, 9.17) is 9.47 Å². The molecule has 0 saturated heterocycles. The van der Waals surface area contributed by atoms with E-state index in [0.717, 1.165) is 17.2 Å². The molecule has 0 N–H and O–H groups in total. The van der Waals surface area contributed by atoms with Gasteiger partial charge in [0.15, 0.2) is 0 Å². The number of rotatable bonds is 7. The highest BCUT2D eigenvalue weighted by Crippen LogP contribution is 2.32. The van der Waals surface area contributed by atoms with Crippen LogP contribution in [0.1, 0.15) is 19.4 Å². The van der Waals surface area contributed by atoms with Crippen LogP contribution in [-0.4, -0.2) is 32.9 Å². The van der Waals surface area contributed by atoms with Crippen molar-refractivity contribution >= 4 is 27.2 Å². The lowest BCUT2D eigenvalue weighted by Crippen LogP contribution is -2.16. The summed E-state index contributed by atoms with van der Waals surface area (Å²) in [6, 6.07) is 11.5. The molecule has 1 heterocycles. The van der Waals surface area contributed by atoms with Gasteiger partial charge in [0.1, 0.15) is 17.8 Å². The van der Waals surface area contributed by atoms with Crippen LogP contribution in [0.15, 0.2) is 53.6 Å². The van der Waals surface area contributed by atoms with E-state index < -0.39 is 15.4 Å². The summed E-state index contributed by atoms with van der Waals surface area (Å²) >= 11 is 0. The Balaban J connectivity index is 2.20. The molecule has 0 unspecified atom stereocenters. The fourth-order valence-electron chi connectivity index (χ4n) is 3.11. The number of fused-ring (bicyclic) bond motifs is 1. The lowest BCUT2D eigenvalue weighted by molar-refractivity contribution is -0.114. The van der Waals surface area contributed by atoms with E-state index in [1.165, 1.54) is 23.2 Å². The summed E-state index contributed by atoms with van der Waals surface area (Å²) in [7, 11) is -0.738. The summed E-state index contributed by atoms with van der Waals surface area (Å²) < 4.78 is 38.2. The minimum absolute atomic E-state index is 0.155. The SMILES string of the molecule is COc1ccc(S(=O)(=O)n2cc(CC(C)(C)C=O)c3cc(OC)ccc32)cc1. The summed E-state index contributed by atoms with van der Waals surface area (Å²) in [6.45, 7) is 3.64. The summed E-state index contributed by atoms with van der Waals surface area (Å²) in [5.41, 5.74) is 0.683. The van der Waals surface area contributed by atoms with Gasteiger partial charge in [-0.05, 0) is 54.4 Å². The molecule has 1 aromatic heterocycles. The largest absolute Gasteiger partial charge is 0.497 e. The van der Waals surface area contributed by atoms with Crippen LogP contribution in [0.2, 0.25) is 0 Å². The van der Waals surface area contributed by atoms with Crippen LogP contribution < -0.4 is 9.47 Å². The van der Waals surface area contributed by atoms with Gasteiger partial charge in [-0.1, -0.05) is 13.8 Å². The minimum atomic E-state index is -3.82. The maximum absolute atomic E-state index is 13.3. The molecule has 0 saturated carbocycles. The van der Waals surface area contributed by atoms with E-state index in [-0.39, 0.29) is 4.90 Å². The third kappa shape index (κ3) is 3.62. The van der Waals surface area contributed by atoms with Gasteiger partial charge in [-0.3, -0.25) is 0 Å². The predicted octanol–water partition coefficient (Wildman–Crippen LogP) is 3.66. The zero-order valence-electron chi connectivity index (χ0n) is 16.3. The number of hydrogen-bond donors (Lipinski definition) is 0. The van der Waals surface area contributed by atoms with Gasteiger partial charge in [-0.25, -0.2) is 12.4 Å². The summed E-state index contributed by atoms with van der Waals surface area (Å²) in [5, 5.41) is 0.742. The van der Waals surface area contributed by atoms with Gasteiger partial charge >= 0.3 is 0 Å². The number of methoxy groups -OCH3 is 2. The second-order valence-corrected chi connectivity index (χ2v) is 9.11. The Morgan fingerprint density at radius 2 is 1.61 bits per heavy atom. The van der Waals surface area contributed by atoms with E-state index in [2.05, 4.69) is 0 Å². The van der Waals surface area contributed by atoms with E-state index in [0.29, 0.717) is 23.4 Å². The molecule has 28 heavy (non-hydrogen) atoms. The first-order valence-corrected chi connectivity index (χ1v) is 10.2. The highest BCUT2D eigenvalue weighted by molar-refractivity contribution is 7.90. The zero-order valence-corrected chi connectivity index (χ0v) is 17.1. The molecule has 2 aromatic carbocycles. The van der Waals surface area contributed by atoms with Crippen LogP contribution >= 0.6 is 0 Å². The maximum Gasteiger partial charge on any atom is 0.268 e. The number of aromatic nitrogens is 1. The van der Waals surface area contributed by atoms with Crippen molar-refractivity contribution in [3.05, 3.63) is 54.2 Å². The zero-order chi connectivity index (χ0) is 20.5.